The number of hydrogen-bond donors (Lipinski definition) is 0. The van der Waals surface area contributed by atoms with E-state index in [4.69, 9.17) is 16.3 Å². The fourth-order valence-corrected chi connectivity index (χ4v) is 2.36. The molecule has 1 fully saturated rings. The summed E-state index contributed by atoms with van der Waals surface area (Å²) in [6.45, 7) is 5.60. The van der Waals surface area contributed by atoms with E-state index in [1.165, 1.54) is 0 Å². The molecule has 4 nitrogen and oxygen atoms in total. The van der Waals surface area contributed by atoms with Crippen molar-refractivity contribution >= 4 is 33.5 Å². The SMILES string of the molecule is CC1(C)CN(c2ncc(Br)cn2)CC(CCl)O1. The molecule has 1 unspecified atom stereocenters. The summed E-state index contributed by atoms with van der Waals surface area (Å²) in [5.74, 6) is 1.20. The molecule has 0 saturated carbocycles. The highest BCUT2D eigenvalue weighted by molar-refractivity contribution is 9.10. The second kappa shape index (κ2) is 5.08. The van der Waals surface area contributed by atoms with Crippen LogP contribution in [0.4, 0.5) is 5.95 Å². The third-order valence-electron chi connectivity index (χ3n) is 2.54. The van der Waals surface area contributed by atoms with Crippen LogP contribution in [0.2, 0.25) is 0 Å². The number of morpholine rings is 1. The van der Waals surface area contributed by atoms with Crippen molar-refractivity contribution in [3.05, 3.63) is 16.9 Å². The molecule has 0 bridgehead atoms. The van der Waals surface area contributed by atoms with Gasteiger partial charge in [-0.25, -0.2) is 9.97 Å². The molecule has 1 aliphatic rings. The quantitative estimate of drug-likeness (QED) is 0.785. The summed E-state index contributed by atoms with van der Waals surface area (Å²) < 4.78 is 6.74. The minimum Gasteiger partial charge on any atom is -0.367 e. The molecule has 2 rings (SSSR count). The molecule has 1 atom stereocenters. The Kier molecular flexibility index (Phi) is 3.90. The van der Waals surface area contributed by atoms with Gasteiger partial charge in [-0.1, -0.05) is 0 Å². The molecule has 0 aliphatic carbocycles. The van der Waals surface area contributed by atoms with Gasteiger partial charge in [0.25, 0.3) is 0 Å². The van der Waals surface area contributed by atoms with E-state index in [0.29, 0.717) is 5.88 Å². The van der Waals surface area contributed by atoms with Gasteiger partial charge < -0.3 is 9.64 Å². The number of rotatable bonds is 2. The summed E-state index contributed by atoms with van der Waals surface area (Å²) in [7, 11) is 0. The first-order valence-electron chi connectivity index (χ1n) is 5.46. The van der Waals surface area contributed by atoms with Gasteiger partial charge in [-0.2, -0.15) is 0 Å². The smallest absolute Gasteiger partial charge is 0.225 e. The van der Waals surface area contributed by atoms with Crippen LogP contribution in [-0.4, -0.2) is 40.6 Å². The predicted molar refractivity (Wildman–Crippen MR) is 71.6 cm³/mol. The number of aromatic nitrogens is 2. The Labute approximate surface area is 114 Å². The van der Waals surface area contributed by atoms with Crippen molar-refractivity contribution in [2.45, 2.75) is 25.6 Å². The lowest BCUT2D eigenvalue weighted by molar-refractivity contribution is -0.0738. The first kappa shape index (κ1) is 13.1. The van der Waals surface area contributed by atoms with Gasteiger partial charge >= 0.3 is 0 Å². The molecule has 2 heterocycles. The molecule has 1 aromatic heterocycles. The largest absolute Gasteiger partial charge is 0.367 e. The molecular weight excluding hydrogens is 305 g/mol. The van der Waals surface area contributed by atoms with Gasteiger partial charge in [0, 0.05) is 25.5 Å². The van der Waals surface area contributed by atoms with E-state index in [1.807, 2.05) is 0 Å². The van der Waals surface area contributed by atoms with Gasteiger partial charge in [0.05, 0.1) is 22.1 Å². The summed E-state index contributed by atoms with van der Waals surface area (Å²) in [4.78, 5) is 10.7. The van der Waals surface area contributed by atoms with Crippen molar-refractivity contribution < 1.29 is 4.74 Å². The van der Waals surface area contributed by atoms with E-state index in [9.17, 15) is 0 Å². The minimum atomic E-state index is -0.228. The Morgan fingerprint density at radius 3 is 2.76 bits per heavy atom. The van der Waals surface area contributed by atoms with E-state index >= 15 is 0 Å². The van der Waals surface area contributed by atoms with Crippen LogP contribution in [0.1, 0.15) is 13.8 Å². The third kappa shape index (κ3) is 3.30. The summed E-state index contributed by atoms with van der Waals surface area (Å²) >= 11 is 9.21. The first-order valence-corrected chi connectivity index (χ1v) is 6.79. The average Bonchev–Trinajstić information content (AvgIpc) is 2.27. The lowest BCUT2D eigenvalue weighted by atomic mass is 10.1. The zero-order chi connectivity index (χ0) is 12.5. The highest BCUT2D eigenvalue weighted by atomic mass is 79.9. The Morgan fingerprint density at radius 2 is 2.18 bits per heavy atom. The number of hydrogen-bond acceptors (Lipinski definition) is 4. The molecule has 0 amide bonds. The maximum Gasteiger partial charge on any atom is 0.225 e. The van der Waals surface area contributed by atoms with Crippen LogP contribution in [0.15, 0.2) is 16.9 Å². The molecule has 1 saturated heterocycles. The Morgan fingerprint density at radius 1 is 1.53 bits per heavy atom. The maximum absolute atomic E-state index is 5.89. The van der Waals surface area contributed by atoms with Gasteiger partial charge in [-0.15, -0.1) is 11.6 Å². The Hall–Kier alpha value is -0.390. The number of halogens is 2. The highest BCUT2D eigenvalue weighted by Gasteiger charge is 2.34. The minimum absolute atomic E-state index is 0.0210. The van der Waals surface area contributed by atoms with Crippen molar-refractivity contribution in [3.8, 4) is 0 Å². The van der Waals surface area contributed by atoms with Crippen LogP contribution < -0.4 is 4.90 Å². The van der Waals surface area contributed by atoms with E-state index < -0.39 is 0 Å². The summed E-state index contributed by atoms with van der Waals surface area (Å²) in [5, 5.41) is 0. The Bertz CT molecular complexity index is 385. The van der Waals surface area contributed by atoms with Gasteiger partial charge in [0.2, 0.25) is 5.95 Å². The second-order valence-corrected chi connectivity index (χ2v) is 5.96. The number of alkyl halides is 1. The number of ether oxygens (including phenoxy) is 1. The highest BCUT2D eigenvalue weighted by Crippen LogP contribution is 2.24. The predicted octanol–water partition coefficient (Wildman–Crippen LogP) is 2.46. The zero-order valence-electron chi connectivity index (χ0n) is 9.86. The maximum atomic E-state index is 5.89. The topological polar surface area (TPSA) is 38.2 Å². The zero-order valence-corrected chi connectivity index (χ0v) is 12.2. The molecule has 1 aliphatic heterocycles. The molecule has 0 aromatic carbocycles. The van der Waals surface area contributed by atoms with E-state index in [2.05, 4.69) is 44.6 Å². The monoisotopic (exact) mass is 319 g/mol. The van der Waals surface area contributed by atoms with Crippen molar-refractivity contribution in [2.24, 2.45) is 0 Å². The summed E-state index contributed by atoms with van der Waals surface area (Å²) in [5.41, 5.74) is -0.228. The number of nitrogens with zero attached hydrogens (tertiary/aromatic N) is 3. The summed E-state index contributed by atoms with van der Waals surface area (Å²) in [6, 6.07) is 0. The van der Waals surface area contributed by atoms with Gasteiger partial charge in [0.1, 0.15) is 0 Å². The van der Waals surface area contributed by atoms with Crippen molar-refractivity contribution in [1.82, 2.24) is 9.97 Å². The van der Waals surface area contributed by atoms with Crippen LogP contribution in [0.25, 0.3) is 0 Å². The van der Waals surface area contributed by atoms with Crippen molar-refractivity contribution in [3.63, 3.8) is 0 Å². The van der Waals surface area contributed by atoms with Crippen LogP contribution in [0.5, 0.6) is 0 Å². The average molecular weight is 321 g/mol. The molecule has 0 radical (unpaired) electrons. The number of anilines is 1. The fraction of sp³-hybridized carbons (Fsp3) is 0.636. The van der Waals surface area contributed by atoms with Crippen LogP contribution >= 0.6 is 27.5 Å². The van der Waals surface area contributed by atoms with Crippen LogP contribution in [0.3, 0.4) is 0 Å². The standard InChI is InChI=1S/C11H15BrClN3O/c1-11(2)7-16(6-9(3-13)17-11)10-14-4-8(12)5-15-10/h4-5,9H,3,6-7H2,1-2H3. The molecule has 0 N–H and O–H groups in total. The third-order valence-corrected chi connectivity index (χ3v) is 3.30. The molecular formula is C11H15BrClN3O. The molecule has 94 valence electrons. The van der Waals surface area contributed by atoms with Crippen molar-refractivity contribution in [1.29, 1.82) is 0 Å². The molecule has 6 heteroatoms. The first-order chi connectivity index (χ1) is 8.00. The van der Waals surface area contributed by atoms with E-state index in [0.717, 1.165) is 23.5 Å². The molecule has 17 heavy (non-hydrogen) atoms. The van der Waals surface area contributed by atoms with Crippen molar-refractivity contribution in [2.75, 3.05) is 23.9 Å². The van der Waals surface area contributed by atoms with Crippen LogP contribution in [0, 0.1) is 0 Å². The summed E-state index contributed by atoms with van der Waals surface area (Å²) in [6.07, 6.45) is 3.52. The fourth-order valence-electron chi connectivity index (χ4n) is 2.00. The van der Waals surface area contributed by atoms with E-state index in [1.54, 1.807) is 12.4 Å². The van der Waals surface area contributed by atoms with Crippen LogP contribution in [-0.2, 0) is 4.74 Å². The molecule has 0 spiro atoms. The normalized spacial score (nSPS) is 23.8. The van der Waals surface area contributed by atoms with E-state index in [-0.39, 0.29) is 11.7 Å². The van der Waals surface area contributed by atoms with Gasteiger partial charge in [0.15, 0.2) is 0 Å². The molecule has 1 aromatic rings. The van der Waals surface area contributed by atoms with Gasteiger partial charge in [-0.05, 0) is 29.8 Å². The lowest BCUT2D eigenvalue weighted by Crippen LogP contribution is -2.54. The second-order valence-electron chi connectivity index (χ2n) is 4.74. The lowest BCUT2D eigenvalue weighted by Gasteiger charge is -2.42. The Balaban J connectivity index is 2.17. The van der Waals surface area contributed by atoms with Gasteiger partial charge in [-0.3, -0.25) is 0 Å².